The van der Waals surface area contributed by atoms with Crippen LogP contribution in [0.15, 0.2) is 144 Å². The molecule has 0 aromatic heterocycles. The van der Waals surface area contributed by atoms with Crippen LogP contribution in [0.3, 0.4) is 0 Å². The molecule has 8 rings (SSSR count). The van der Waals surface area contributed by atoms with Gasteiger partial charge in [-0.25, -0.2) is 0 Å². The predicted molar refractivity (Wildman–Crippen MR) is 209 cm³/mol. The highest BCUT2D eigenvalue weighted by Crippen LogP contribution is 2.58. The van der Waals surface area contributed by atoms with E-state index in [2.05, 4.69) is 174 Å². The first-order chi connectivity index (χ1) is 23.2. The van der Waals surface area contributed by atoms with Crippen LogP contribution in [0.5, 0.6) is 0 Å². The Morgan fingerprint density at radius 1 is 0.562 bits per heavy atom. The number of allylic oxidation sites excluding steroid dienone is 3. The van der Waals surface area contributed by atoms with Crippen molar-refractivity contribution in [3.05, 3.63) is 155 Å². The third-order valence-electron chi connectivity index (χ3n) is 10.9. The van der Waals surface area contributed by atoms with E-state index in [1.54, 1.807) is 0 Å². The van der Waals surface area contributed by atoms with E-state index in [4.69, 9.17) is 0 Å². The summed E-state index contributed by atoms with van der Waals surface area (Å²) in [6.07, 6.45) is 3.47. The highest BCUT2D eigenvalue weighted by atomic mass is 15.2. The lowest BCUT2D eigenvalue weighted by Gasteiger charge is -2.51. The molecule has 2 aliphatic heterocycles. The zero-order valence-corrected chi connectivity index (χ0v) is 29.8. The van der Waals surface area contributed by atoms with Gasteiger partial charge in [-0.05, 0) is 104 Å². The molecule has 2 aliphatic rings. The van der Waals surface area contributed by atoms with Crippen molar-refractivity contribution in [1.82, 2.24) is 0 Å². The molecule has 0 fully saturated rings. The van der Waals surface area contributed by atoms with Crippen LogP contribution in [0.1, 0.15) is 72.9 Å². The average Bonchev–Trinajstić information content (AvgIpc) is 3.12. The molecular formula is C47H47N. The number of fused-ring (bicyclic) bond motifs is 8. The van der Waals surface area contributed by atoms with Gasteiger partial charge in [0.1, 0.15) is 0 Å². The van der Waals surface area contributed by atoms with Crippen molar-refractivity contribution in [2.24, 2.45) is 0 Å². The summed E-state index contributed by atoms with van der Waals surface area (Å²) in [5.74, 6) is 0. The minimum Gasteiger partial charge on any atom is -0.310 e. The van der Waals surface area contributed by atoms with Gasteiger partial charge in [-0.1, -0.05) is 152 Å². The maximum atomic E-state index is 2.55. The van der Waals surface area contributed by atoms with Crippen molar-refractivity contribution >= 4 is 32.9 Å². The smallest absolute Gasteiger partial charge is 0.0503 e. The van der Waals surface area contributed by atoms with E-state index in [-0.39, 0.29) is 10.8 Å². The van der Waals surface area contributed by atoms with Gasteiger partial charge in [0.15, 0.2) is 0 Å². The topological polar surface area (TPSA) is 3.24 Å². The summed E-state index contributed by atoms with van der Waals surface area (Å²) in [4.78, 5) is 2.55. The second kappa shape index (κ2) is 12.0. The molecule has 0 aliphatic carbocycles. The summed E-state index contributed by atoms with van der Waals surface area (Å²) >= 11 is 0. The van der Waals surface area contributed by atoms with E-state index in [0.29, 0.717) is 0 Å². The van der Waals surface area contributed by atoms with Gasteiger partial charge in [-0.15, -0.1) is 0 Å². The zero-order chi connectivity index (χ0) is 33.8. The molecule has 0 radical (unpaired) electrons. The lowest BCUT2D eigenvalue weighted by Crippen LogP contribution is -2.42. The molecule has 6 aromatic rings. The summed E-state index contributed by atoms with van der Waals surface area (Å²) in [6, 6.07) is 45.2. The molecule has 0 atom stereocenters. The van der Waals surface area contributed by atoms with Gasteiger partial charge >= 0.3 is 0 Å². The van der Waals surface area contributed by atoms with Gasteiger partial charge in [-0.3, -0.25) is 0 Å². The summed E-state index contributed by atoms with van der Waals surface area (Å²) < 4.78 is 0. The fourth-order valence-electron chi connectivity index (χ4n) is 8.10. The average molecular weight is 626 g/mol. The molecule has 0 bridgehead atoms. The summed E-state index contributed by atoms with van der Waals surface area (Å²) in [7, 11) is 0. The fraction of sp³-hybridized carbons (Fsp3) is 0.234. The van der Waals surface area contributed by atoms with Crippen LogP contribution in [0, 0.1) is 0 Å². The molecule has 240 valence electrons. The molecule has 0 spiro atoms. The number of anilines is 2. The largest absolute Gasteiger partial charge is 0.310 e. The Balaban J connectivity index is 0.00000179. The zero-order valence-electron chi connectivity index (χ0n) is 29.8. The van der Waals surface area contributed by atoms with E-state index in [0.717, 1.165) is 6.42 Å². The predicted octanol–water partition coefficient (Wildman–Crippen LogP) is 13.7. The Morgan fingerprint density at radius 2 is 1.15 bits per heavy atom. The first-order valence-corrected chi connectivity index (χ1v) is 17.7. The van der Waals surface area contributed by atoms with Gasteiger partial charge in [0.25, 0.3) is 0 Å². The Bertz CT molecular complexity index is 2240. The van der Waals surface area contributed by atoms with E-state index in [9.17, 15) is 0 Å². The molecule has 0 saturated heterocycles. The third-order valence-corrected chi connectivity index (χ3v) is 10.9. The Kier molecular flexibility index (Phi) is 7.91. The molecule has 2 heterocycles. The number of rotatable bonds is 3. The van der Waals surface area contributed by atoms with Gasteiger partial charge < -0.3 is 4.90 Å². The van der Waals surface area contributed by atoms with E-state index < -0.39 is 0 Å². The highest BCUT2D eigenvalue weighted by Gasteiger charge is 2.46. The molecule has 0 N–H and O–H groups in total. The highest BCUT2D eigenvalue weighted by molar-refractivity contribution is 6.13. The van der Waals surface area contributed by atoms with Crippen LogP contribution in [0.4, 0.5) is 11.4 Å². The van der Waals surface area contributed by atoms with Crippen molar-refractivity contribution in [1.29, 1.82) is 0 Å². The minimum absolute atomic E-state index is 0.0408. The van der Waals surface area contributed by atoms with Crippen LogP contribution < -0.4 is 4.90 Å². The molecule has 0 saturated carbocycles. The van der Waals surface area contributed by atoms with E-state index in [1.165, 1.54) is 83.1 Å². The number of benzene rings is 6. The molecule has 1 nitrogen and oxygen atoms in total. The maximum Gasteiger partial charge on any atom is 0.0503 e. The summed E-state index contributed by atoms with van der Waals surface area (Å²) in [6.45, 7) is 18.2. The number of nitrogens with zero attached hydrogens (tertiary/aromatic N) is 1. The van der Waals surface area contributed by atoms with Crippen molar-refractivity contribution in [3.8, 4) is 22.3 Å². The number of hydrogen-bond acceptors (Lipinski definition) is 1. The lowest BCUT2D eigenvalue weighted by atomic mass is 9.65. The molecule has 0 amide bonds. The molecule has 0 unspecified atom stereocenters. The number of hydrogen-bond donors (Lipinski definition) is 0. The van der Waals surface area contributed by atoms with Crippen molar-refractivity contribution in [2.45, 2.75) is 72.6 Å². The fourth-order valence-corrected chi connectivity index (χ4v) is 8.10. The number of para-hydroxylation sites is 1. The monoisotopic (exact) mass is 625 g/mol. The van der Waals surface area contributed by atoms with Gasteiger partial charge in [0, 0.05) is 16.5 Å². The second-order valence-corrected chi connectivity index (χ2v) is 14.1. The molecule has 6 aromatic carbocycles. The molecular weight excluding hydrogens is 579 g/mol. The van der Waals surface area contributed by atoms with Crippen LogP contribution in [0.2, 0.25) is 0 Å². The van der Waals surface area contributed by atoms with Crippen LogP contribution in [-0.2, 0) is 10.8 Å². The van der Waals surface area contributed by atoms with E-state index in [1.807, 2.05) is 13.8 Å². The summed E-state index contributed by atoms with van der Waals surface area (Å²) in [5.41, 5.74) is 14.4. The SMILES string of the molecule is CC.CC/C=C1\C2=C(C)C(C)(C)c3ccccc3N2c2ccc(-c3ccc(-c4cc5ccccc5c5ccccc45)cc3)cc2C1(C)C. The Hall–Kier alpha value is -4.88. The minimum atomic E-state index is -0.138. The van der Waals surface area contributed by atoms with Gasteiger partial charge in [-0.2, -0.15) is 0 Å². The first kappa shape index (κ1) is 31.7. The van der Waals surface area contributed by atoms with Gasteiger partial charge in [0.2, 0.25) is 0 Å². The molecule has 48 heavy (non-hydrogen) atoms. The van der Waals surface area contributed by atoms with Crippen molar-refractivity contribution in [3.63, 3.8) is 0 Å². The molecule has 1 heteroatoms. The van der Waals surface area contributed by atoms with E-state index >= 15 is 0 Å². The maximum absolute atomic E-state index is 2.55. The second-order valence-electron chi connectivity index (χ2n) is 14.1. The first-order valence-electron chi connectivity index (χ1n) is 17.7. The standard InChI is InChI=1S/C45H41N.C2H6/c1-7-14-39-43-29(2)44(3,4)38-19-12-13-20-41(38)46(43)42-26-25-32(28-40(42)45(39,5)6)30-21-23-31(24-22-30)37-27-33-15-8-9-16-34(33)35-17-10-11-18-36(35)37;1-2/h8-28H,7H2,1-6H3;1-2H3/b39-14+;. The Morgan fingerprint density at radius 3 is 1.88 bits per heavy atom. The Labute approximate surface area is 287 Å². The normalized spacial score (nSPS) is 16.7. The summed E-state index contributed by atoms with van der Waals surface area (Å²) in [5, 5.41) is 5.18. The quantitative estimate of drug-likeness (QED) is 0.177. The van der Waals surface area contributed by atoms with Gasteiger partial charge in [0.05, 0.1) is 11.4 Å². The third kappa shape index (κ3) is 4.74. The van der Waals surface area contributed by atoms with Crippen LogP contribution >= 0.6 is 0 Å². The van der Waals surface area contributed by atoms with Crippen molar-refractivity contribution < 1.29 is 0 Å². The van der Waals surface area contributed by atoms with Crippen LogP contribution in [0.25, 0.3) is 43.8 Å². The van der Waals surface area contributed by atoms with Crippen molar-refractivity contribution in [2.75, 3.05) is 4.90 Å². The lowest BCUT2D eigenvalue weighted by molar-refractivity contribution is 0.564. The van der Waals surface area contributed by atoms with Crippen LogP contribution in [-0.4, -0.2) is 0 Å².